The van der Waals surface area contributed by atoms with E-state index in [1.165, 1.54) is 24.3 Å². The van der Waals surface area contributed by atoms with Crippen LogP contribution in [-0.4, -0.2) is 84.6 Å². The van der Waals surface area contributed by atoms with Crippen LogP contribution in [0.5, 0.6) is 0 Å². The Bertz CT molecular complexity index is 3520. The molecule has 6 rings (SSSR count). The Labute approximate surface area is 514 Å². The van der Waals surface area contributed by atoms with E-state index in [1.54, 1.807) is 0 Å². The Morgan fingerprint density at radius 1 is 0.635 bits per heavy atom. The van der Waals surface area contributed by atoms with Gasteiger partial charge in [-0.3, -0.25) is 9.22 Å². The fourth-order valence-corrected chi connectivity index (χ4v) is 8.65. The molecule has 0 amide bonds. The number of nitrogen functional groups attached to an aromatic ring is 2. The van der Waals surface area contributed by atoms with Crippen molar-refractivity contribution >= 4 is 133 Å². The van der Waals surface area contributed by atoms with Gasteiger partial charge in [0.05, 0.1) is 55.4 Å². The molecule has 0 aliphatic rings. The molecule has 0 unspecified atom stereocenters. The zero-order valence-electron chi connectivity index (χ0n) is 37.8. The van der Waals surface area contributed by atoms with E-state index in [-0.39, 0.29) is 168 Å². The SMILES string of the molecule is Nc1c(N=Nc2cc(Nc3nc(Cl)nc(Nc4ccc(S(=O)(=O)CCOS(=O)(=O)[O-])cc4)n3)ccc2S(=O)(=O)[O-])cc(S(=O)(=O)[O-])c(N)c1N=Nc1cc(Nc2cc(F)nc(F)n2)ccc1SOO[O-].[Na+].[Na+].[Na+].[Na+]. The molecule has 0 saturated carbocycles. The molecule has 4 aromatic carbocycles. The molecule has 6 aromatic rings. The van der Waals surface area contributed by atoms with E-state index in [0.717, 1.165) is 42.5 Å². The first-order chi connectivity index (χ1) is 32.8. The topological polar surface area (TPSA) is 459 Å². The predicted molar refractivity (Wildman–Crippen MR) is 231 cm³/mol. The van der Waals surface area contributed by atoms with Crippen LogP contribution in [0.2, 0.25) is 5.28 Å². The van der Waals surface area contributed by atoms with Gasteiger partial charge in [-0.05, 0) is 78.3 Å². The van der Waals surface area contributed by atoms with Crippen molar-refractivity contribution in [2.24, 2.45) is 20.5 Å². The van der Waals surface area contributed by atoms with Crippen molar-refractivity contribution < 1.29 is 193 Å². The summed E-state index contributed by atoms with van der Waals surface area (Å²) in [5.74, 6) is -2.96. The maximum Gasteiger partial charge on any atom is 1.00 e. The number of aromatic nitrogens is 5. The molecule has 41 heteroatoms. The molecule has 0 aliphatic heterocycles. The zero-order valence-corrected chi connectivity index (χ0v) is 50.7. The molecule has 0 atom stereocenters. The summed E-state index contributed by atoms with van der Waals surface area (Å²) in [6.45, 7) is -0.918. The first-order valence-corrected chi connectivity index (χ1v) is 24.9. The van der Waals surface area contributed by atoms with E-state index in [2.05, 4.69) is 74.9 Å². The average Bonchev–Trinajstić information content (AvgIpc) is 3.24. The van der Waals surface area contributed by atoms with Gasteiger partial charge in [0.2, 0.25) is 33.5 Å². The number of sulfone groups is 1. The molecular formula is C33H23ClF2N14Na4O15S5. The van der Waals surface area contributed by atoms with Gasteiger partial charge >= 0.3 is 124 Å². The van der Waals surface area contributed by atoms with Crippen LogP contribution in [0.3, 0.4) is 0 Å². The summed E-state index contributed by atoms with van der Waals surface area (Å²) < 4.78 is 167. The number of nitrogens with two attached hydrogens (primary N) is 2. The summed E-state index contributed by atoms with van der Waals surface area (Å²) in [5, 5.41) is 36.8. The van der Waals surface area contributed by atoms with Gasteiger partial charge in [0.1, 0.15) is 48.8 Å². The number of nitrogens with zero attached hydrogens (tertiary/aromatic N) is 9. The molecule has 29 nitrogen and oxygen atoms in total. The normalized spacial score (nSPS) is 11.8. The van der Waals surface area contributed by atoms with Crippen molar-refractivity contribution in [2.75, 3.05) is 39.8 Å². The molecule has 0 bridgehead atoms. The fraction of sp³-hybridized carbons (Fsp3) is 0.0606. The monoisotopic (exact) mass is 1180 g/mol. The standard InChI is InChI=1S/C33H27ClF2N14O15S5.4Na/c34-30-44-32(40-15-1-5-18(6-2-15)67(52,53)10-9-63-70(60,61)62)46-33(45-30)41-17-4-8-23(68(54,55)56)20(12-17)48-49-21-13-24(69(57,58)59)28(38)29(27(21)37)50-47-19-11-16(3-7-22(19)66-65-64-51)39-26-14-25(35)42-31(36)43-26;;;;/h1-8,11-14,51H,9-10,37-38H2,(H,39,42,43)(H,54,55,56)(H,57,58,59)(H,60,61,62)(H2,40,41,44,45,46);;;;/q;4*+1/p-4. The quantitative estimate of drug-likeness (QED) is 0.00453. The minimum atomic E-state index is -5.48. The average molecular weight is 1180 g/mol. The van der Waals surface area contributed by atoms with Crippen LogP contribution in [0, 0.1) is 12.0 Å². The number of nitrogens with one attached hydrogen (secondary N) is 3. The van der Waals surface area contributed by atoms with Crippen molar-refractivity contribution in [1.29, 1.82) is 0 Å². The van der Waals surface area contributed by atoms with E-state index in [9.17, 15) is 61.4 Å². The first kappa shape index (κ1) is 67.3. The van der Waals surface area contributed by atoms with Gasteiger partial charge in [0.25, 0.3) is 0 Å². The van der Waals surface area contributed by atoms with Gasteiger partial charge in [0, 0.05) is 23.1 Å². The second kappa shape index (κ2) is 28.7. The number of anilines is 8. The second-order valence-corrected chi connectivity index (χ2v) is 19.9. The Morgan fingerprint density at radius 2 is 1.19 bits per heavy atom. The van der Waals surface area contributed by atoms with E-state index in [1.807, 2.05) is 0 Å². The van der Waals surface area contributed by atoms with Gasteiger partial charge in [-0.15, -0.1) is 20.5 Å². The Hall–Kier alpha value is -2.81. The van der Waals surface area contributed by atoms with Crippen LogP contribution in [0.25, 0.3) is 0 Å². The third kappa shape index (κ3) is 19.3. The first-order valence-electron chi connectivity index (χ1n) is 18.0. The van der Waals surface area contributed by atoms with Gasteiger partial charge in [-0.25, -0.2) is 33.7 Å². The zero-order chi connectivity index (χ0) is 51.2. The van der Waals surface area contributed by atoms with E-state index in [0.29, 0.717) is 18.1 Å². The van der Waals surface area contributed by atoms with Crippen molar-refractivity contribution in [1.82, 2.24) is 24.9 Å². The van der Waals surface area contributed by atoms with Crippen LogP contribution in [0.4, 0.5) is 77.7 Å². The van der Waals surface area contributed by atoms with Crippen LogP contribution < -0.4 is 151 Å². The number of halogens is 3. The third-order valence-corrected chi connectivity index (χ3v) is 13.0. The van der Waals surface area contributed by atoms with E-state index >= 15 is 0 Å². The van der Waals surface area contributed by atoms with Gasteiger partial charge in [-0.1, -0.05) is 0 Å². The number of benzene rings is 4. The molecule has 0 radical (unpaired) electrons. The smallest absolute Gasteiger partial charge is 0.744 e. The maximum absolute atomic E-state index is 13.7. The molecule has 7 N–H and O–H groups in total. The number of hydrogen-bond acceptors (Lipinski definition) is 30. The summed E-state index contributed by atoms with van der Waals surface area (Å²) in [5.41, 5.74) is 8.48. The molecule has 2 heterocycles. The molecule has 370 valence electrons. The fourth-order valence-electron chi connectivity index (χ4n) is 5.38. The summed E-state index contributed by atoms with van der Waals surface area (Å²) in [6, 6.07) is 12.6. The van der Waals surface area contributed by atoms with Gasteiger partial charge in [0.15, 0.2) is 9.84 Å². The minimum absolute atomic E-state index is 0. The summed E-state index contributed by atoms with van der Waals surface area (Å²) in [7, 11) is -20.0. The molecule has 2 aromatic heterocycles. The summed E-state index contributed by atoms with van der Waals surface area (Å²) in [4.78, 5) is 15.8. The van der Waals surface area contributed by atoms with Crippen LogP contribution in [-0.2, 0) is 54.0 Å². The number of hydrogen-bond donors (Lipinski definition) is 5. The predicted octanol–water partition coefficient (Wildman–Crippen LogP) is -7.88. The Morgan fingerprint density at radius 3 is 1.78 bits per heavy atom. The molecule has 0 spiro atoms. The molecule has 74 heavy (non-hydrogen) atoms. The van der Waals surface area contributed by atoms with E-state index in [4.69, 9.17) is 23.1 Å². The van der Waals surface area contributed by atoms with Gasteiger partial charge < -0.3 is 46.3 Å². The third-order valence-electron chi connectivity index (χ3n) is 8.30. The summed E-state index contributed by atoms with van der Waals surface area (Å²) in [6.07, 6.45) is -1.41. The Balaban J connectivity index is 0.00000469. The Kier molecular flexibility index (Phi) is 26.1. The van der Waals surface area contributed by atoms with E-state index < -0.39 is 108 Å². The van der Waals surface area contributed by atoms with Crippen LogP contribution in [0.1, 0.15) is 0 Å². The summed E-state index contributed by atoms with van der Waals surface area (Å²) >= 11 is 6.38. The molecular weight excluding hydrogens is 1160 g/mol. The number of azo groups is 2. The van der Waals surface area contributed by atoms with Crippen molar-refractivity contribution in [3.05, 3.63) is 90.1 Å². The largest absolute Gasteiger partial charge is 1.00 e. The van der Waals surface area contributed by atoms with Crippen LogP contribution >= 0.6 is 23.6 Å². The van der Waals surface area contributed by atoms with Crippen molar-refractivity contribution in [3.63, 3.8) is 0 Å². The maximum atomic E-state index is 13.7. The minimum Gasteiger partial charge on any atom is -0.744 e. The molecule has 0 saturated heterocycles. The molecule has 0 fully saturated rings. The second-order valence-electron chi connectivity index (χ2n) is 13.0. The number of rotatable bonds is 20. The van der Waals surface area contributed by atoms with Gasteiger partial charge in [-0.2, -0.15) is 38.0 Å². The van der Waals surface area contributed by atoms with Crippen LogP contribution in [0.15, 0.2) is 113 Å². The molecule has 0 aliphatic carbocycles. The van der Waals surface area contributed by atoms with Crippen molar-refractivity contribution in [2.45, 2.75) is 19.6 Å². The van der Waals surface area contributed by atoms with Crippen molar-refractivity contribution in [3.8, 4) is 0 Å².